The minimum atomic E-state index is -0.630. The molecule has 5 rings (SSSR count). The van der Waals surface area contributed by atoms with Gasteiger partial charge >= 0.3 is 11.9 Å². The summed E-state index contributed by atoms with van der Waals surface area (Å²) in [5.41, 5.74) is 3.48. The van der Waals surface area contributed by atoms with Crippen molar-refractivity contribution in [2.45, 2.75) is 13.2 Å². The van der Waals surface area contributed by atoms with E-state index in [1.807, 2.05) is 73.1 Å². The van der Waals surface area contributed by atoms with E-state index in [4.69, 9.17) is 9.47 Å². The highest BCUT2D eigenvalue weighted by Crippen LogP contribution is 2.13. The fraction of sp³-hybridized carbons (Fsp3) is 0.0741. The van der Waals surface area contributed by atoms with Gasteiger partial charge in [0.05, 0.1) is 11.4 Å². The minimum Gasteiger partial charge on any atom is -0.456 e. The molecule has 3 aromatic heterocycles. The van der Waals surface area contributed by atoms with Crippen molar-refractivity contribution in [3.05, 3.63) is 126 Å². The highest BCUT2D eigenvalue weighted by molar-refractivity contribution is 5.91. The maximum absolute atomic E-state index is 12.5. The summed E-state index contributed by atoms with van der Waals surface area (Å²) in [5.74, 6) is -1.26. The lowest BCUT2D eigenvalue weighted by molar-refractivity contribution is 0.0456. The molecule has 0 aliphatic heterocycles. The van der Waals surface area contributed by atoms with Gasteiger partial charge < -0.3 is 9.47 Å². The highest BCUT2D eigenvalue weighted by Gasteiger charge is 2.15. The molecule has 0 atom stereocenters. The van der Waals surface area contributed by atoms with E-state index in [1.54, 1.807) is 27.8 Å². The van der Waals surface area contributed by atoms with Crippen LogP contribution in [0.5, 0.6) is 0 Å². The molecular formula is C27H21N5O4. The predicted molar refractivity (Wildman–Crippen MR) is 130 cm³/mol. The van der Waals surface area contributed by atoms with Gasteiger partial charge in [-0.05, 0) is 59.7 Å². The molecule has 36 heavy (non-hydrogen) atoms. The van der Waals surface area contributed by atoms with Gasteiger partial charge in [-0.25, -0.2) is 23.9 Å². The molecule has 0 aliphatic carbocycles. The van der Waals surface area contributed by atoms with Crippen LogP contribution in [0.25, 0.3) is 11.4 Å². The third-order valence-corrected chi connectivity index (χ3v) is 5.32. The van der Waals surface area contributed by atoms with Crippen molar-refractivity contribution in [3.8, 4) is 11.4 Å². The number of aromatic nitrogens is 5. The van der Waals surface area contributed by atoms with Crippen LogP contribution in [0.3, 0.4) is 0 Å². The summed E-state index contributed by atoms with van der Waals surface area (Å²) in [6.07, 6.45) is 7.09. The molecule has 178 valence electrons. The maximum Gasteiger partial charge on any atom is 0.357 e. The first-order valence-electron chi connectivity index (χ1n) is 11.1. The zero-order valence-electron chi connectivity index (χ0n) is 19.1. The van der Waals surface area contributed by atoms with Crippen LogP contribution in [0.15, 0.2) is 104 Å². The van der Waals surface area contributed by atoms with Crippen LogP contribution in [0.4, 0.5) is 0 Å². The van der Waals surface area contributed by atoms with Gasteiger partial charge in [-0.15, -0.1) is 0 Å². The molecule has 0 fully saturated rings. The molecule has 0 N–H and O–H groups in total. The van der Waals surface area contributed by atoms with Crippen LogP contribution in [-0.4, -0.2) is 36.5 Å². The van der Waals surface area contributed by atoms with Gasteiger partial charge in [-0.1, -0.05) is 30.3 Å². The summed E-state index contributed by atoms with van der Waals surface area (Å²) in [5, 5.41) is 8.36. The molecule has 9 nitrogen and oxygen atoms in total. The van der Waals surface area contributed by atoms with E-state index in [9.17, 15) is 9.59 Å². The normalized spacial score (nSPS) is 10.7. The van der Waals surface area contributed by atoms with Crippen molar-refractivity contribution in [1.29, 1.82) is 0 Å². The van der Waals surface area contributed by atoms with Crippen LogP contribution in [0.2, 0.25) is 0 Å². The summed E-state index contributed by atoms with van der Waals surface area (Å²) in [7, 11) is 0. The molecule has 3 heterocycles. The Morgan fingerprint density at radius 2 is 1.06 bits per heavy atom. The second kappa shape index (κ2) is 10.5. The number of carbonyl (C=O) groups is 2. The Morgan fingerprint density at radius 1 is 0.611 bits per heavy atom. The lowest BCUT2D eigenvalue weighted by Gasteiger charge is -2.08. The van der Waals surface area contributed by atoms with E-state index in [0.29, 0.717) is 0 Å². The van der Waals surface area contributed by atoms with E-state index < -0.39 is 11.9 Å². The maximum atomic E-state index is 12.5. The first kappa shape index (κ1) is 22.7. The van der Waals surface area contributed by atoms with E-state index in [0.717, 1.165) is 22.5 Å². The topological polar surface area (TPSA) is 101 Å². The third kappa shape index (κ3) is 5.36. The first-order valence-corrected chi connectivity index (χ1v) is 11.1. The number of rotatable bonds is 8. The molecule has 0 aliphatic rings. The number of hydrogen-bond acceptors (Lipinski definition) is 7. The fourth-order valence-corrected chi connectivity index (χ4v) is 3.44. The average Bonchev–Trinajstić information content (AvgIpc) is 3.66. The molecule has 5 aromatic rings. The van der Waals surface area contributed by atoms with Gasteiger partial charge in [0.2, 0.25) is 0 Å². The lowest BCUT2D eigenvalue weighted by atomic mass is 10.2. The Labute approximate surface area is 206 Å². The molecule has 0 spiro atoms. The van der Waals surface area contributed by atoms with Gasteiger partial charge in [0.15, 0.2) is 0 Å². The van der Waals surface area contributed by atoms with Gasteiger partial charge in [0, 0.05) is 24.8 Å². The van der Waals surface area contributed by atoms with Crippen LogP contribution >= 0.6 is 0 Å². The summed E-state index contributed by atoms with van der Waals surface area (Å²) < 4.78 is 14.2. The van der Waals surface area contributed by atoms with Crippen molar-refractivity contribution >= 4 is 11.9 Å². The van der Waals surface area contributed by atoms with Gasteiger partial charge in [-0.3, -0.25) is 0 Å². The van der Waals surface area contributed by atoms with Crippen molar-refractivity contribution in [2.75, 3.05) is 0 Å². The fourth-order valence-electron chi connectivity index (χ4n) is 3.44. The molecule has 0 radical (unpaired) electrons. The molecule has 0 unspecified atom stereocenters. The van der Waals surface area contributed by atoms with Crippen molar-refractivity contribution in [3.63, 3.8) is 0 Å². The number of hydrogen-bond donors (Lipinski definition) is 0. The Kier molecular flexibility index (Phi) is 6.61. The van der Waals surface area contributed by atoms with Gasteiger partial charge in [0.25, 0.3) is 0 Å². The average molecular weight is 479 g/mol. The summed E-state index contributed by atoms with van der Waals surface area (Å²) in [4.78, 5) is 29.1. The second-order valence-corrected chi connectivity index (χ2v) is 7.79. The SMILES string of the molecule is O=C(OCc1ccc(-n2cccn2)cc1)c1cccc(C(=O)OCc2ccc(-n3cccn3)cc2)n1. The molecular weight excluding hydrogens is 458 g/mol. The molecule has 0 saturated heterocycles. The second-order valence-electron chi connectivity index (χ2n) is 7.79. The van der Waals surface area contributed by atoms with Crippen molar-refractivity contribution in [2.24, 2.45) is 0 Å². The number of esters is 2. The Balaban J connectivity index is 1.15. The molecule has 0 amide bonds. The zero-order valence-corrected chi connectivity index (χ0v) is 19.1. The largest absolute Gasteiger partial charge is 0.456 e. The molecule has 2 aromatic carbocycles. The number of pyridine rings is 1. The summed E-state index contributed by atoms with van der Waals surface area (Å²) >= 11 is 0. The Morgan fingerprint density at radius 3 is 1.44 bits per heavy atom. The van der Waals surface area contributed by atoms with Crippen LogP contribution < -0.4 is 0 Å². The van der Waals surface area contributed by atoms with Gasteiger partial charge in [-0.2, -0.15) is 10.2 Å². The quantitative estimate of drug-likeness (QED) is 0.308. The Bertz CT molecular complexity index is 1340. The molecule has 0 saturated carbocycles. The van der Waals surface area contributed by atoms with Crippen LogP contribution in [-0.2, 0) is 22.7 Å². The monoisotopic (exact) mass is 479 g/mol. The molecule has 0 bridgehead atoms. The predicted octanol–water partition coefficient (Wildman–Crippen LogP) is 4.17. The van der Waals surface area contributed by atoms with E-state index in [2.05, 4.69) is 15.2 Å². The van der Waals surface area contributed by atoms with Crippen LogP contribution in [0.1, 0.15) is 32.1 Å². The van der Waals surface area contributed by atoms with E-state index in [1.165, 1.54) is 12.1 Å². The zero-order chi connectivity index (χ0) is 24.7. The minimum absolute atomic E-state index is 0.0289. The molecule has 9 heteroatoms. The number of benzene rings is 2. The lowest BCUT2D eigenvalue weighted by Crippen LogP contribution is -2.12. The third-order valence-electron chi connectivity index (χ3n) is 5.32. The van der Waals surface area contributed by atoms with Crippen molar-refractivity contribution in [1.82, 2.24) is 24.5 Å². The van der Waals surface area contributed by atoms with Crippen LogP contribution in [0, 0.1) is 0 Å². The smallest absolute Gasteiger partial charge is 0.357 e. The summed E-state index contributed by atoms with van der Waals surface area (Å²) in [6, 6.07) is 23.2. The van der Waals surface area contributed by atoms with Gasteiger partial charge in [0.1, 0.15) is 24.6 Å². The standard InChI is InChI=1S/C27H21N5O4/c33-26(35-18-20-6-10-22(11-7-20)31-16-2-14-28-31)24-4-1-5-25(30-24)27(34)36-19-21-8-12-23(13-9-21)32-17-3-15-29-32/h1-17H,18-19H2. The van der Waals surface area contributed by atoms with E-state index >= 15 is 0 Å². The van der Waals surface area contributed by atoms with Crippen molar-refractivity contribution < 1.29 is 19.1 Å². The highest BCUT2D eigenvalue weighted by atomic mass is 16.5. The Hall–Kier alpha value is -5.05. The number of carbonyl (C=O) groups excluding carboxylic acids is 2. The summed E-state index contributed by atoms with van der Waals surface area (Å²) in [6.45, 7) is 0.145. The first-order chi connectivity index (χ1) is 17.7. The van der Waals surface area contributed by atoms with E-state index in [-0.39, 0.29) is 24.6 Å². The number of ether oxygens (including phenoxy) is 2. The number of nitrogens with zero attached hydrogens (tertiary/aromatic N) is 5.